The van der Waals surface area contributed by atoms with Crippen LogP contribution >= 0.6 is 11.8 Å². The quantitative estimate of drug-likeness (QED) is 0.448. The standard InChI is InChI=1S/C21H23N3OS/c1-4-14-23-19-13-9-8-12-18(19)22-21(23)26-15-20(25)24(16(2)3)17-10-6-5-7-11-17/h4-13,16H,1,14-15H2,2-3H3. The molecule has 2 aromatic carbocycles. The van der Waals surface area contributed by atoms with Gasteiger partial charge in [0.15, 0.2) is 5.16 Å². The van der Waals surface area contributed by atoms with E-state index in [0.717, 1.165) is 21.9 Å². The number of amides is 1. The molecule has 0 aliphatic heterocycles. The van der Waals surface area contributed by atoms with Gasteiger partial charge in [0.2, 0.25) is 5.91 Å². The van der Waals surface area contributed by atoms with Gasteiger partial charge in [-0.1, -0.05) is 48.2 Å². The second-order valence-electron chi connectivity index (χ2n) is 6.26. The number of fused-ring (bicyclic) bond motifs is 1. The van der Waals surface area contributed by atoms with E-state index < -0.39 is 0 Å². The average molecular weight is 366 g/mol. The Morgan fingerprint density at radius 2 is 1.88 bits per heavy atom. The van der Waals surface area contributed by atoms with Crippen LogP contribution in [0.25, 0.3) is 11.0 Å². The largest absolute Gasteiger partial charge is 0.315 e. The first-order chi connectivity index (χ1) is 12.6. The highest BCUT2D eigenvalue weighted by molar-refractivity contribution is 7.99. The second-order valence-corrected chi connectivity index (χ2v) is 7.21. The van der Waals surface area contributed by atoms with Crippen molar-refractivity contribution in [1.82, 2.24) is 9.55 Å². The molecule has 0 spiro atoms. The van der Waals surface area contributed by atoms with Crippen molar-refractivity contribution in [2.75, 3.05) is 10.7 Å². The van der Waals surface area contributed by atoms with Crippen molar-refractivity contribution in [1.29, 1.82) is 0 Å². The maximum atomic E-state index is 12.9. The van der Waals surface area contributed by atoms with E-state index in [0.29, 0.717) is 12.3 Å². The lowest BCUT2D eigenvalue weighted by atomic mass is 10.2. The van der Waals surface area contributed by atoms with Gasteiger partial charge in [-0.15, -0.1) is 6.58 Å². The molecule has 0 unspecified atom stereocenters. The molecule has 0 saturated carbocycles. The molecule has 5 heteroatoms. The molecule has 0 atom stereocenters. The number of allylic oxidation sites excluding steroid dienone is 1. The minimum absolute atomic E-state index is 0.0772. The molecule has 26 heavy (non-hydrogen) atoms. The van der Waals surface area contributed by atoms with Gasteiger partial charge in [0.1, 0.15) is 0 Å². The lowest BCUT2D eigenvalue weighted by Crippen LogP contribution is -2.38. The minimum Gasteiger partial charge on any atom is -0.315 e. The number of hydrogen-bond acceptors (Lipinski definition) is 3. The predicted molar refractivity (Wildman–Crippen MR) is 110 cm³/mol. The van der Waals surface area contributed by atoms with Crippen LogP contribution in [0.15, 0.2) is 72.4 Å². The fourth-order valence-electron chi connectivity index (χ4n) is 2.98. The average Bonchev–Trinajstić information content (AvgIpc) is 2.99. The van der Waals surface area contributed by atoms with Crippen LogP contribution < -0.4 is 4.90 Å². The Hall–Kier alpha value is -2.53. The Morgan fingerprint density at radius 1 is 1.19 bits per heavy atom. The summed E-state index contributed by atoms with van der Waals surface area (Å²) in [6.45, 7) is 8.57. The van der Waals surface area contributed by atoms with Crippen molar-refractivity contribution >= 4 is 34.4 Å². The number of para-hydroxylation sites is 3. The number of imidazole rings is 1. The fraction of sp³-hybridized carbons (Fsp3) is 0.238. The maximum Gasteiger partial charge on any atom is 0.237 e. The van der Waals surface area contributed by atoms with Crippen molar-refractivity contribution in [3.05, 3.63) is 67.3 Å². The molecule has 0 fully saturated rings. The number of carbonyl (C=O) groups excluding carboxylic acids is 1. The molecule has 4 nitrogen and oxygen atoms in total. The van der Waals surface area contributed by atoms with Gasteiger partial charge in [-0.25, -0.2) is 4.98 Å². The Kier molecular flexibility index (Phi) is 5.78. The van der Waals surface area contributed by atoms with Crippen molar-refractivity contribution in [2.45, 2.75) is 31.6 Å². The summed E-state index contributed by atoms with van der Waals surface area (Å²) in [6.07, 6.45) is 1.85. The van der Waals surface area contributed by atoms with Crippen molar-refractivity contribution < 1.29 is 4.79 Å². The normalized spacial score (nSPS) is 11.0. The van der Waals surface area contributed by atoms with E-state index in [1.54, 1.807) is 0 Å². The number of anilines is 1. The van der Waals surface area contributed by atoms with E-state index in [1.807, 2.05) is 79.4 Å². The number of aromatic nitrogens is 2. The van der Waals surface area contributed by atoms with E-state index in [-0.39, 0.29) is 11.9 Å². The van der Waals surface area contributed by atoms with Gasteiger partial charge in [-0.3, -0.25) is 4.79 Å². The first-order valence-electron chi connectivity index (χ1n) is 8.68. The summed E-state index contributed by atoms with van der Waals surface area (Å²) in [7, 11) is 0. The summed E-state index contributed by atoms with van der Waals surface area (Å²) >= 11 is 1.47. The van der Waals surface area contributed by atoms with Gasteiger partial charge in [-0.2, -0.15) is 0 Å². The molecule has 0 N–H and O–H groups in total. The van der Waals surface area contributed by atoms with Gasteiger partial charge >= 0.3 is 0 Å². The summed E-state index contributed by atoms with van der Waals surface area (Å²) in [6, 6.07) is 17.9. The Morgan fingerprint density at radius 3 is 2.58 bits per heavy atom. The molecule has 0 saturated heterocycles. The summed E-state index contributed by atoms with van der Waals surface area (Å²) in [4.78, 5) is 19.4. The number of benzene rings is 2. The molecule has 0 aliphatic carbocycles. The molecule has 1 aromatic heterocycles. The molecule has 0 aliphatic rings. The first kappa shape index (κ1) is 18.3. The number of nitrogens with zero attached hydrogens (tertiary/aromatic N) is 3. The fourth-order valence-corrected chi connectivity index (χ4v) is 3.87. The molecule has 3 rings (SSSR count). The molecule has 3 aromatic rings. The first-order valence-corrected chi connectivity index (χ1v) is 9.66. The van der Waals surface area contributed by atoms with Crippen LogP contribution in [0.3, 0.4) is 0 Å². The summed E-state index contributed by atoms with van der Waals surface area (Å²) in [5.41, 5.74) is 2.92. The predicted octanol–water partition coefficient (Wildman–Crippen LogP) is 4.76. The molecular weight excluding hydrogens is 342 g/mol. The lowest BCUT2D eigenvalue weighted by Gasteiger charge is -2.26. The van der Waals surface area contributed by atoms with Crippen LogP contribution in [0.2, 0.25) is 0 Å². The summed E-state index contributed by atoms with van der Waals surface area (Å²) in [5.74, 6) is 0.418. The van der Waals surface area contributed by atoms with Gasteiger partial charge < -0.3 is 9.47 Å². The number of rotatable bonds is 7. The van der Waals surface area contributed by atoms with Crippen molar-refractivity contribution in [2.24, 2.45) is 0 Å². The zero-order valence-corrected chi connectivity index (χ0v) is 15.9. The summed E-state index contributed by atoms with van der Waals surface area (Å²) < 4.78 is 2.10. The van der Waals surface area contributed by atoms with Crippen molar-refractivity contribution in [3.63, 3.8) is 0 Å². The van der Waals surface area contributed by atoms with E-state index >= 15 is 0 Å². The Bertz CT molecular complexity index is 902. The lowest BCUT2D eigenvalue weighted by molar-refractivity contribution is -0.116. The highest BCUT2D eigenvalue weighted by Crippen LogP contribution is 2.26. The minimum atomic E-state index is 0.0772. The van der Waals surface area contributed by atoms with Crippen LogP contribution in [0.1, 0.15) is 13.8 Å². The number of carbonyl (C=O) groups is 1. The third-order valence-electron chi connectivity index (χ3n) is 4.08. The summed E-state index contributed by atoms with van der Waals surface area (Å²) in [5, 5.41) is 0.844. The zero-order valence-electron chi connectivity index (χ0n) is 15.1. The number of hydrogen-bond donors (Lipinski definition) is 0. The van der Waals surface area contributed by atoms with Gasteiger partial charge in [0, 0.05) is 18.3 Å². The van der Waals surface area contributed by atoms with Gasteiger partial charge in [0.05, 0.1) is 16.8 Å². The molecule has 134 valence electrons. The smallest absolute Gasteiger partial charge is 0.237 e. The highest BCUT2D eigenvalue weighted by atomic mass is 32.2. The monoisotopic (exact) mass is 365 g/mol. The third kappa shape index (κ3) is 3.83. The molecule has 0 radical (unpaired) electrons. The SMILES string of the molecule is C=CCn1c(SCC(=O)N(c2ccccc2)C(C)C)nc2ccccc21. The third-order valence-corrected chi connectivity index (χ3v) is 5.04. The van der Waals surface area contributed by atoms with Crippen LogP contribution in [-0.4, -0.2) is 27.3 Å². The topological polar surface area (TPSA) is 38.1 Å². The highest BCUT2D eigenvalue weighted by Gasteiger charge is 2.20. The zero-order chi connectivity index (χ0) is 18.5. The Balaban J connectivity index is 1.81. The number of thioether (sulfide) groups is 1. The Labute approximate surface area is 158 Å². The van der Waals surface area contributed by atoms with Crippen molar-refractivity contribution in [3.8, 4) is 0 Å². The van der Waals surface area contributed by atoms with Crippen LogP contribution in [0.5, 0.6) is 0 Å². The van der Waals surface area contributed by atoms with Crippen LogP contribution in [0.4, 0.5) is 5.69 Å². The maximum absolute atomic E-state index is 12.9. The second kappa shape index (κ2) is 8.23. The van der Waals surface area contributed by atoms with Gasteiger partial charge in [0.25, 0.3) is 0 Å². The van der Waals surface area contributed by atoms with Gasteiger partial charge in [-0.05, 0) is 38.1 Å². The molecule has 1 heterocycles. The van der Waals surface area contributed by atoms with E-state index in [9.17, 15) is 4.79 Å². The van der Waals surface area contributed by atoms with E-state index in [2.05, 4.69) is 16.1 Å². The molecular formula is C21H23N3OS. The van der Waals surface area contributed by atoms with Crippen LogP contribution in [0, 0.1) is 0 Å². The molecule has 1 amide bonds. The van der Waals surface area contributed by atoms with E-state index in [4.69, 9.17) is 0 Å². The molecule has 0 bridgehead atoms. The van der Waals surface area contributed by atoms with Crippen LogP contribution in [-0.2, 0) is 11.3 Å². The van der Waals surface area contributed by atoms with E-state index in [1.165, 1.54) is 11.8 Å².